The Morgan fingerprint density at radius 2 is 2.24 bits per heavy atom. The average Bonchev–Trinajstić information content (AvgIpc) is 2.94. The minimum Gasteiger partial charge on any atom is -0.393 e. The van der Waals surface area contributed by atoms with Gasteiger partial charge in [0, 0.05) is 18.9 Å². The highest BCUT2D eigenvalue weighted by molar-refractivity contribution is 5.79. The molecule has 1 saturated heterocycles. The van der Waals surface area contributed by atoms with Crippen molar-refractivity contribution in [2.24, 2.45) is 5.92 Å². The Kier molecular flexibility index (Phi) is 4.96. The molecule has 4 heteroatoms. The van der Waals surface area contributed by atoms with E-state index in [-0.39, 0.29) is 24.0 Å². The molecule has 4 nitrogen and oxygen atoms in total. The largest absolute Gasteiger partial charge is 0.393 e. The summed E-state index contributed by atoms with van der Waals surface area (Å²) in [5.41, 5.74) is 1.31. The molecule has 1 aliphatic heterocycles. The number of ether oxygens (including phenoxy) is 1. The van der Waals surface area contributed by atoms with Crippen LogP contribution in [0.4, 0.5) is 0 Å². The zero-order chi connectivity index (χ0) is 14.7. The van der Waals surface area contributed by atoms with Crippen LogP contribution in [0, 0.1) is 5.92 Å². The van der Waals surface area contributed by atoms with E-state index in [0.717, 1.165) is 32.1 Å². The summed E-state index contributed by atoms with van der Waals surface area (Å²) in [6, 6.07) is 0.0768. The predicted molar refractivity (Wildman–Crippen MR) is 80.8 cm³/mol. The van der Waals surface area contributed by atoms with Crippen molar-refractivity contribution < 1.29 is 14.6 Å². The number of amides is 1. The summed E-state index contributed by atoms with van der Waals surface area (Å²) < 4.78 is 5.59. The summed E-state index contributed by atoms with van der Waals surface area (Å²) in [6.45, 7) is 1.90. The second-order valence-electron chi connectivity index (χ2n) is 6.68. The second-order valence-corrected chi connectivity index (χ2v) is 6.68. The molecule has 3 aliphatic rings. The third-order valence-corrected chi connectivity index (χ3v) is 5.27. The van der Waals surface area contributed by atoms with Gasteiger partial charge in [0.05, 0.1) is 25.4 Å². The Bertz CT molecular complexity index is 407. The summed E-state index contributed by atoms with van der Waals surface area (Å²) in [7, 11) is 0. The molecule has 3 atom stereocenters. The molecular weight excluding hydrogens is 266 g/mol. The highest BCUT2D eigenvalue weighted by Crippen LogP contribution is 2.33. The van der Waals surface area contributed by atoms with E-state index in [1.165, 1.54) is 18.4 Å². The van der Waals surface area contributed by atoms with Gasteiger partial charge in [0.1, 0.15) is 0 Å². The Hall–Kier alpha value is -0.870. The molecule has 1 N–H and O–H groups in total. The molecule has 3 rings (SSSR count). The molecule has 0 spiro atoms. The average molecular weight is 293 g/mol. The Morgan fingerprint density at radius 3 is 2.95 bits per heavy atom. The molecule has 0 radical (unpaired) electrons. The van der Waals surface area contributed by atoms with E-state index in [9.17, 15) is 9.90 Å². The number of morpholine rings is 1. The molecule has 1 saturated carbocycles. The van der Waals surface area contributed by atoms with Crippen LogP contribution in [0.3, 0.4) is 0 Å². The second kappa shape index (κ2) is 6.93. The van der Waals surface area contributed by atoms with Crippen molar-refractivity contribution in [1.82, 2.24) is 4.90 Å². The van der Waals surface area contributed by atoms with Crippen LogP contribution in [-0.2, 0) is 9.53 Å². The molecule has 1 heterocycles. The van der Waals surface area contributed by atoms with Gasteiger partial charge < -0.3 is 14.7 Å². The SMILES string of the molecule is O=C(CC1=CCCCC1)N1CCOC[C@@H]1[C@H]1CCC[C@@H]1O. The van der Waals surface area contributed by atoms with E-state index in [1.54, 1.807) is 0 Å². The van der Waals surface area contributed by atoms with E-state index in [1.807, 2.05) is 4.90 Å². The van der Waals surface area contributed by atoms with Gasteiger partial charge in [0.25, 0.3) is 0 Å². The van der Waals surface area contributed by atoms with Crippen molar-refractivity contribution in [1.29, 1.82) is 0 Å². The molecule has 2 aliphatic carbocycles. The minimum atomic E-state index is -0.263. The number of aliphatic hydroxyl groups is 1. The Labute approximate surface area is 127 Å². The molecule has 1 amide bonds. The number of nitrogens with zero attached hydrogens (tertiary/aromatic N) is 1. The van der Waals surface area contributed by atoms with Gasteiger partial charge in [0.15, 0.2) is 0 Å². The molecule has 0 aromatic carbocycles. The van der Waals surface area contributed by atoms with E-state index in [4.69, 9.17) is 4.74 Å². The van der Waals surface area contributed by atoms with Crippen LogP contribution < -0.4 is 0 Å². The van der Waals surface area contributed by atoms with Crippen LogP contribution in [0.5, 0.6) is 0 Å². The maximum absolute atomic E-state index is 12.7. The molecule has 2 fully saturated rings. The standard InChI is InChI=1S/C17H27NO3/c19-16-8-4-7-14(16)15-12-21-10-9-18(15)17(20)11-13-5-2-1-3-6-13/h5,14-16,19H,1-4,6-12H2/t14-,15-,16+/m1/s1. The van der Waals surface area contributed by atoms with E-state index in [0.29, 0.717) is 26.2 Å². The zero-order valence-corrected chi connectivity index (χ0v) is 12.8. The first kappa shape index (κ1) is 15.0. The smallest absolute Gasteiger partial charge is 0.227 e. The van der Waals surface area contributed by atoms with Gasteiger partial charge >= 0.3 is 0 Å². The van der Waals surface area contributed by atoms with E-state index >= 15 is 0 Å². The summed E-state index contributed by atoms with van der Waals surface area (Å²) in [6.07, 6.45) is 10.2. The predicted octanol–water partition coefficient (Wildman–Crippen LogP) is 2.27. The summed E-state index contributed by atoms with van der Waals surface area (Å²) >= 11 is 0. The lowest BCUT2D eigenvalue weighted by atomic mass is 9.92. The molecule has 0 unspecified atom stereocenters. The van der Waals surface area contributed by atoms with Crippen molar-refractivity contribution in [2.45, 2.75) is 63.5 Å². The number of rotatable bonds is 3. The summed E-state index contributed by atoms with van der Waals surface area (Å²) in [5.74, 6) is 0.435. The lowest BCUT2D eigenvalue weighted by Gasteiger charge is -2.40. The van der Waals surface area contributed by atoms with Gasteiger partial charge in [-0.05, 0) is 38.5 Å². The van der Waals surface area contributed by atoms with Gasteiger partial charge in [-0.1, -0.05) is 18.1 Å². The maximum Gasteiger partial charge on any atom is 0.227 e. The third kappa shape index (κ3) is 3.49. The highest BCUT2D eigenvalue weighted by atomic mass is 16.5. The van der Waals surface area contributed by atoms with Crippen LogP contribution in [0.1, 0.15) is 51.4 Å². The number of hydrogen-bond donors (Lipinski definition) is 1. The summed E-state index contributed by atoms with van der Waals surface area (Å²) in [5, 5.41) is 10.2. The first-order valence-electron chi connectivity index (χ1n) is 8.49. The first-order valence-corrected chi connectivity index (χ1v) is 8.49. The molecule has 0 aromatic rings. The molecule has 21 heavy (non-hydrogen) atoms. The van der Waals surface area contributed by atoms with Gasteiger partial charge in [-0.2, -0.15) is 0 Å². The Balaban J connectivity index is 1.65. The van der Waals surface area contributed by atoms with Crippen molar-refractivity contribution >= 4 is 5.91 Å². The van der Waals surface area contributed by atoms with Gasteiger partial charge in [-0.25, -0.2) is 0 Å². The lowest BCUT2D eigenvalue weighted by molar-refractivity contribution is -0.143. The van der Waals surface area contributed by atoms with Crippen molar-refractivity contribution in [3.8, 4) is 0 Å². The topological polar surface area (TPSA) is 49.8 Å². The first-order chi connectivity index (χ1) is 10.3. The van der Waals surface area contributed by atoms with Crippen LogP contribution in [0.25, 0.3) is 0 Å². The number of carbonyl (C=O) groups excluding carboxylic acids is 1. The van der Waals surface area contributed by atoms with Crippen molar-refractivity contribution in [3.63, 3.8) is 0 Å². The summed E-state index contributed by atoms with van der Waals surface area (Å²) in [4.78, 5) is 14.7. The van der Waals surface area contributed by atoms with Crippen LogP contribution in [0.2, 0.25) is 0 Å². The van der Waals surface area contributed by atoms with Crippen LogP contribution in [-0.4, -0.2) is 47.8 Å². The number of allylic oxidation sites excluding steroid dienone is 1. The van der Waals surface area contributed by atoms with Gasteiger partial charge in [-0.15, -0.1) is 0 Å². The number of aliphatic hydroxyl groups excluding tert-OH is 1. The van der Waals surface area contributed by atoms with Crippen molar-refractivity contribution in [2.75, 3.05) is 19.8 Å². The van der Waals surface area contributed by atoms with Gasteiger partial charge in [0.2, 0.25) is 5.91 Å². The zero-order valence-electron chi connectivity index (χ0n) is 12.8. The molecule has 0 aromatic heterocycles. The molecule has 118 valence electrons. The fourth-order valence-corrected chi connectivity index (χ4v) is 4.07. The number of carbonyl (C=O) groups is 1. The molecular formula is C17H27NO3. The normalized spacial score (nSPS) is 33.9. The van der Waals surface area contributed by atoms with E-state index < -0.39 is 0 Å². The fraction of sp³-hybridized carbons (Fsp3) is 0.824. The van der Waals surface area contributed by atoms with Gasteiger partial charge in [-0.3, -0.25) is 4.79 Å². The fourth-order valence-electron chi connectivity index (χ4n) is 4.07. The monoisotopic (exact) mass is 293 g/mol. The van der Waals surface area contributed by atoms with Crippen molar-refractivity contribution in [3.05, 3.63) is 11.6 Å². The highest BCUT2D eigenvalue weighted by Gasteiger charge is 2.39. The molecule has 0 bridgehead atoms. The maximum atomic E-state index is 12.7. The quantitative estimate of drug-likeness (QED) is 0.812. The van der Waals surface area contributed by atoms with E-state index in [2.05, 4.69) is 6.08 Å². The minimum absolute atomic E-state index is 0.0768. The van der Waals surface area contributed by atoms with Crippen LogP contribution >= 0.6 is 0 Å². The third-order valence-electron chi connectivity index (χ3n) is 5.27. The lowest BCUT2D eigenvalue weighted by Crippen LogP contribution is -2.53. The van der Waals surface area contributed by atoms with Crippen LogP contribution in [0.15, 0.2) is 11.6 Å². The number of hydrogen-bond acceptors (Lipinski definition) is 3. The Morgan fingerprint density at radius 1 is 1.33 bits per heavy atom.